The number of ether oxygens (including phenoxy) is 1. The standard InChI is InChI=1S/C18H11Br2F3N2O2/c1-27-16-14(19)6-10(7-15(16)20)5-11(9-24)17(26)25-13-4-2-3-12(8-13)18(21,22)23/h2-8H,1H3,(H,25,26)/b11-5+. The maximum Gasteiger partial charge on any atom is 0.416 e. The molecule has 2 aromatic carbocycles. The summed E-state index contributed by atoms with van der Waals surface area (Å²) in [5, 5.41) is 11.6. The molecule has 0 saturated carbocycles. The number of nitrogens with one attached hydrogen (secondary N) is 1. The number of anilines is 1. The average Bonchev–Trinajstić information content (AvgIpc) is 2.59. The van der Waals surface area contributed by atoms with Crippen molar-refractivity contribution in [2.75, 3.05) is 12.4 Å². The molecule has 0 radical (unpaired) electrons. The van der Waals surface area contributed by atoms with E-state index in [9.17, 15) is 23.2 Å². The maximum absolute atomic E-state index is 12.8. The normalized spacial score (nSPS) is 11.7. The summed E-state index contributed by atoms with van der Waals surface area (Å²) in [4.78, 5) is 12.3. The summed E-state index contributed by atoms with van der Waals surface area (Å²) in [6, 6.07) is 9.19. The molecule has 0 saturated heterocycles. The zero-order chi connectivity index (χ0) is 20.2. The molecule has 140 valence electrons. The molecule has 0 unspecified atom stereocenters. The van der Waals surface area contributed by atoms with Crippen molar-refractivity contribution in [3.63, 3.8) is 0 Å². The summed E-state index contributed by atoms with van der Waals surface area (Å²) >= 11 is 6.63. The molecule has 0 spiro atoms. The second kappa shape index (κ2) is 8.59. The van der Waals surface area contributed by atoms with Crippen molar-refractivity contribution >= 4 is 49.5 Å². The van der Waals surface area contributed by atoms with E-state index in [1.54, 1.807) is 18.2 Å². The van der Waals surface area contributed by atoms with Gasteiger partial charge in [-0.1, -0.05) is 6.07 Å². The molecule has 0 bridgehead atoms. The topological polar surface area (TPSA) is 62.1 Å². The first-order valence-electron chi connectivity index (χ1n) is 7.29. The van der Waals surface area contributed by atoms with Crippen molar-refractivity contribution in [3.05, 3.63) is 62.0 Å². The fourth-order valence-electron chi connectivity index (χ4n) is 2.14. The lowest BCUT2D eigenvalue weighted by molar-refractivity contribution is -0.137. The summed E-state index contributed by atoms with van der Waals surface area (Å²) in [5.41, 5.74) is -0.708. The number of methoxy groups -OCH3 is 1. The smallest absolute Gasteiger partial charge is 0.416 e. The van der Waals surface area contributed by atoms with Gasteiger partial charge in [0, 0.05) is 5.69 Å². The summed E-state index contributed by atoms with van der Waals surface area (Å²) in [7, 11) is 1.49. The first-order chi connectivity index (χ1) is 12.7. The van der Waals surface area contributed by atoms with Crippen LogP contribution in [0.5, 0.6) is 5.75 Å². The van der Waals surface area contributed by atoms with Gasteiger partial charge in [0.1, 0.15) is 17.4 Å². The van der Waals surface area contributed by atoms with Crippen LogP contribution in [-0.4, -0.2) is 13.0 Å². The van der Waals surface area contributed by atoms with Gasteiger partial charge in [-0.05, 0) is 73.8 Å². The number of halogens is 5. The van der Waals surface area contributed by atoms with Gasteiger partial charge >= 0.3 is 6.18 Å². The second-order valence-corrected chi connectivity index (χ2v) is 6.93. The van der Waals surface area contributed by atoms with E-state index in [-0.39, 0.29) is 11.3 Å². The largest absolute Gasteiger partial charge is 0.494 e. The number of nitrogens with zero attached hydrogens (tertiary/aromatic N) is 1. The van der Waals surface area contributed by atoms with Crippen LogP contribution in [0.2, 0.25) is 0 Å². The lowest BCUT2D eigenvalue weighted by Crippen LogP contribution is -2.14. The van der Waals surface area contributed by atoms with Gasteiger partial charge in [-0.3, -0.25) is 4.79 Å². The van der Waals surface area contributed by atoms with E-state index in [1.807, 2.05) is 0 Å². The number of carbonyl (C=O) groups is 1. The number of amides is 1. The van der Waals surface area contributed by atoms with Crippen LogP contribution in [0.25, 0.3) is 6.08 Å². The molecule has 0 heterocycles. The van der Waals surface area contributed by atoms with E-state index in [1.165, 1.54) is 25.3 Å². The number of hydrogen-bond acceptors (Lipinski definition) is 3. The quantitative estimate of drug-likeness (QED) is 0.424. The van der Waals surface area contributed by atoms with Gasteiger partial charge in [-0.25, -0.2) is 0 Å². The van der Waals surface area contributed by atoms with Gasteiger partial charge in [-0.15, -0.1) is 0 Å². The van der Waals surface area contributed by atoms with Crippen molar-refractivity contribution in [2.45, 2.75) is 6.18 Å². The van der Waals surface area contributed by atoms with Gasteiger partial charge < -0.3 is 10.1 Å². The van der Waals surface area contributed by atoms with Crippen molar-refractivity contribution in [1.29, 1.82) is 5.26 Å². The molecule has 0 aliphatic rings. The van der Waals surface area contributed by atoms with Crippen LogP contribution in [-0.2, 0) is 11.0 Å². The molecule has 0 aliphatic heterocycles. The second-order valence-electron chi connectivity index (χ2n) is 5.22. The molecular weight excluding hydrogens is 493 g/mol. The van der Waals surface area contributed by atoms with Gasteiger partial charge in [0.05, 0.1) is 21.6 Å². The van der Waals surface area contributed by atoms with Crippen molar-refractivity contribution in [3.8, 4) is 11.8 Å². The third kappa shape index (κ3) is 5.34. The summed E-state index contributed by atoms with van der Waals surface area (Å²) in [5.74, 6) is -0.279. The molecule has 9 heteroatoms. The number of rotatable bonds is 4. The molecule has 0 aromatic heterocycles. The van der Waals surface area contributed by atoms with Gasteiger partial charge in [-0.2, -0.15) is 18.4 Å². The maximum atomic E-state index is 12.8. The Labute approximate surface area is 169 Å². The monoisotopic (exact) mass is 502 g/mol. The van der Waals surface area contributed by atoms with Gasteiger partial charge in [0.2, 0.25) is 0 Å². The fraction of sp³-hybridized carbons (Fsp3) is 0.111. The predicted molar refractivity (Wildman–Crippen MR) is 102 cm³/mol. The summed E-state index contributed by atoms with van der Waals surface area (Å²) < 4.78 is 44.7. The van der Waals surface area contributed by atoms with Crippen LogP contribution in [0.4, 0.5) is 18.9 Å². The van der Waals surface area contributed by atoms with Crippen LogP contribution in [0.15, 0.2) is 50.9 Å². The number of nitriles is 1. The molecule has 1 N–H and O–H groups in total. The van der Waals surface area contributed by atoms with E-state index in [0.29, 0.717) is 20.3 Å². The lowest BCUT2D eigenvalue weighted by atomic mass is 10.1. The lowest BCUT2D eigenvalue weighted by Gasteiger charge is -2.10. The van der Waals surface area contributed by atoms with Crippen molar-refractivity contribution in [1.82, 2.24) is 0 Å². The van der Waals surface area contributed by atoms with Crippen LogP contribution < -0.4 is 10.1 Å². The predicted octanol–water partition coefficient (Wildman–Crippen LogP) is 5.78. The fourth-order valence-corrected chi connectivity index (χ4v) is 3.69. The molecule has 0 fully saturated rings. The van der Waals surface area contributed by atoms with Gasteiger partial charge in [0.25, 0.3) is 5.91 Å². The Hall–Kier alpha value is -2.31. The zero-order valence-electron chi connectivity index (χ0n) is 13.7. The van der Waals surface area contributed by atoms with E-state index in [4.69, 9.17) is 4.74 Å². The Kier molecular flexibility index (Phi) is 6.68. The van der Waals surface area contributed by atoms with Crippen molar-refractivity contribution in [2.24, 2.45) is 0 Å². The van der Waals surface area contributed by atoms with Crippen LogP contribution in [0, 0.1) is 11.3 Å². The third-order valence-corrected chi connectivity index (χ3v) is 4.53. The Morgan fingerprint density at radius 3 is 2.37 bits per heavy atom. The molecule has 2 aromatic rings. The highest BCUT2D eigenvalue weighted by Gasteiger charge is 2.30. The molecule has 0 aliphatic carbocycles. The van der Waals surface area contributed by atoms with Crippen LogP contribution >= 0.6 is 31.9 Å². The zero-order valence-corrected chi connectivity index (χ0v) is 16.9. The number of carbonyl (C=O) groups excluding carboxylic acids is 1. The SMILES string of the molecule is COc1c(Br)cc(/C=C(\C#N)C(=O)Nc2cccc(C(F)(F)F)c2)cc1Br. The number of hydrogen-bond donors (Lipinski definition) is 1. The van der Waals surface area contributed by atoms with E-state index in [2.05, 4.69) is 37.2 Å². The average molecular weight is 504 g/mol. The first-order valence-corrected chi connectivity index (χ1v) is 8.87. The molecule has 2 rings (SSSR count). The highest BCUT2D eigenvalue weighted by Crippen LogP contribution is 2.35. The Balaban J connectivity index is 2.29. The highest BCUT2D eigenvalue weighted by atomic mass is 79.9. The Morgan fingerprint density at radius 1 is 1.22 bits per heavy atom. The molecule has 27 heavy (non-hydrogen) atoms. The van der Waals surface area contributed by atoms with Crippen molar-refractivity contribution < 1.29 is 22.7 Å². The third-order valence-electron chi connectivity index (χ3n) is 3.35. The number of alkyl halides is 3. The Bertz CT molecular complexity index is 927. The van der Waals surface area contributed by atoms with Crippen LogP contribution in [0.3, 0.4) is 0 Å². The minimum absolute atomic E-state index is 0.0620. The van der Waals surface area contributed by atoms with E-state index in [0.717, 1.165) is 12.1 Å². The summed E-state index contributed by atoms with van der Waals surface area (Å²) in [6.07, 6.45) is -3.21. The molecule has 1 amide bonds. The minimum atomic E-state index is -4.53. The molecule has 4 nitrogen and oxygen atoms in total. The van der Waals surface area contributed by atoms with Gasteiger partial charge in [0.15, 0.2) is 0 Å². The summed E-state index contributed by atoms with van der Waals surface area (Å²) in [6.45, 7) is 0. The van der Waals surface area contributed by atoms with Crippen LogP contribution in [0.1, 0.15) is 11.1 Å². The highest BCUT2D eigenvalue weighted by molar-refractivity contribution is 9.11. The molecular formula is C18H11Br2F3N2O2. The minimum Gasteiger partial charge on any atom is -0.494 e. The Morgan fingerprint density at radius 2 is 1.85 bits per heavy atom. The first kappa shape index (κ1) is 21.0. The van der Waals surface area contributed by atoms with E-state index < -0.39 is 17.6 Å². The van der Waals surface area contributed by atoms with E-state index >= 15 is 0 Å². The number of benzene rings is 2. The molecule has 0 atom stereocenters.